The monoisotopic (exact) mass is 210 g/mol. The number of rotatable bonds is 2. The predicted molar refractivity (Wildman–Crippen MR) is 56.0 cm³/mol. The van der Waals surface area contributed by atoms with Gasteiger partial charge in [0.25, 0.3) is 0 Å². The Morgan fingerprint density at radius 3 is 2.87 bits per heavy atom. The zero-order chi connectivity index (χ0) is 11.5. The molecule has 1 heterocycles. The summed E-state index contributed by atoms with van der Waals surface area (Å²) in [5.41, 5.74) is -0.878. The van der Waals surface area contributed by atoms with Gasteiger partial charge in [0.2, 0.25) is 5.91 Å². The second-order valence-corrected chi connectivity index (χ2v) is 4.23. The SMILES string of the molecule is CCC(C)(C#N)C(=O)N1CCOC(C)C1. The molecule has 15 heavy (non-hydrogen) atoms. The highest BCUT2D eigenvalue weighted by atomic mass is 16.5. The van der Waals surface area contributed by atoms with E-state index in [4.69, 9.17) is 10.00 Å². The van der Waals surface area contributed by atoms with E-state index in [1.807, 2.05) is 13.8 Å². The van der Waals surface area contributed by atoms with E-state index in [0.717, 1.165) is 0 Å². The van der Waals surface area contributed by atoms with Crippen molar-refractivity contribution in [2.75, 3.05) is 19.7 Å². The molecule has 0 spiro atoms. The summed E-state index contributed by atoms with van der Waals surface area (Å²) in [4.78, 5) is 13.8. The van der Waals surface area contributed by atoms with Crippen LogP contribution in [0.4, 0.5) is 0 Å². The Labute approximate surface area is 90.8 Å². The Bertz CT molecular complexity index is 285. The average Bonchev–Trinajstić information content (AvgIpc) is 2.27. The van der Waals surface area contributed by atoms with Gasteiger partial charge in [0.1, 0.15) is 5.41 Å². The fourth-order valence-electron chi connectivity index (χ4n) is 1.63. The van der Waals surface area contributed by atoms with E-state index in [0.29, 0.717) is 26.1 Å². The van der Waals surface area contributed by atoms with Crippen LogP contribution in [0.2, 0.25) is 0 Å². The summed E-state index contributed by atoms with van der Waals surface area (Å²) >= 11 is 0. The number of nitriles is 1. The number of amides is 1. The summed E-state index contributed by atoms with van der Waals surface area (Å²) in [7, 11) is 0. The van der Waals surface area contributed by atoms with Crippen LogP contribution >= 0.6 is 0 Å². The van der Waals surface area contributed by atoms with Gasteiger partial charge in [0.15, 0.2) is 0 Å². The Balaban J connectivity index is 2.71. The number of hydrogen-bond donors (Lipinski definition) is 0. The third-order valence-corrected chi connectivity index (χ3v) is 2.95. The minimum absolute atomic E-state index is 0.0670. The standard InChI is InChI=1S/C11H18N2O2/c1-4-11(3,8-12)10(14)13-5-6-15-9(2)7-13/h9H,4-7H2,1-3H3. The fraction of sp³-hybridized carbons (Fsp3) is 0.818. The first-order valence-electron chi connectivity index (χ1n) is 5.35. The first-order valence-corrected chi connectivity index (χ1v) is 5.35. The van der Waals surface area contributed by atoms with E-state index in [1.54, 1.807) is 11.8 Å². The van der Waals surface area contributed by atoms with Crippen molar-refractivity contribution in [3.63, 3.8) is 0 Å². The molecule has 1 aliphatic heterocycles. The van der Waals surface area contributed by atoms with Crippen molar-refractivity contribution >= 4 is 5.91 Å². The summed E-state index contributed by atoms with van der Waals surface area (Å²) in [6.07, 6.45) is 0.621. The third-order valence-electron chi connectivity index (χ3n) is 2.95. The number of carbonyl (C=O) groups excluding carboxylic acids is 1. The van der Waals surface area contributed by atoms with Crippen molar-refractivity contribution in [3.8, 4) is 6.07 Å². The highest BCUT2D eigenvalue weighted by Gasteiger charge is 2.36. The van der Waals surface area contributed by atoms with Crippen molar-refractivity contribution in [1.29, 1.82) is 5.26 Å². The molecule has 2 unspecified atom stereocenters. The first-order chi connectivity index (χ1) is 7.03. The molecule has 1 saturated heterocycles. The Morgan fingerprint density at radius 1 is 1.73 bits per heavy atom. The van der Waals surface area contributed by atoms with Crippen LogP contribution in [-0.2, 0) is 9.53 Å². The van der Waals surface area contributed by atoms with E-state index < -0.39 is 5.41 Å². The van der Waals surface area contributed by atoms with Gasteiger partial charge >= 0.3 is 0 Å². The molecule has 0 radical (unpaired) electrons. The molecule has 4 heteroatoms. The van der Waals surface area contributed by atoms with E-state index in [-0.39, 0.29) is 12.0 Å². The van der Waals surface area contributed by atoms with Gasteiger partial charge in [0.05, 0.1) is 18.8 Å². The smallest absolute Gasteiger partial charge is 0.242 e. The van der Waals surface area contributed by atoms with Crippen LogP contribution in [0, 0.1) is 16.7 Å². The van der Waals surface area contributed by atoms with Gasteiger partial charge in [-0.3, -0.25) is 4.79 Å². The maximum absolute atomic E-state index is 12.1. The van der Waals surface area contributed by atoms with E-state index in [9.17, 15) is 4.79 Å². The summed E-state index contributed by atoms with van der Waals surface area (Å²) < 4.78 is 5.36. The third kappa shape index (κ3) is 2.48. The van der Waals surface area contributed by atoms with Crippen molar-refractivity contribution in [1.82, 2.24) is 4.90 Å². The molecule has 1 amide bonds. The van der Waals surface area contributed by atoms with E-state index in [2.05, 4.69) is 6.07 Å². The number of hydrogen-bond acceptors (Lipinski definition) is 3. The first kappa shape index (κ1) is 12.0. The Kier molecular flexibility index (Phi) is 3.70. The molecular formula is C11H18N2O2. The van der Waals surface area contributed by atoms with Crippen LogP contribution in [0.5, 0.6) is 0 Å². The fourth-order valence-corrected chi connectivity index (χ4v) is 1.63. The lowest BCUT2D eigenvalue weighted by molar-refractivity contribution is -0.145. The summed E-state index contributed by atoms with van der Waals surface area (Å²) in [6, 6.07) is 2.11. The van der Waals surface area contributed by atoms with Gasteiger partial charge in [0, 0.05) is 13.1 Å². The van der Waals surface area contributed by atoms with Crippen LogP contribution in [0.25, 0.3) is 0 Å². The molecule has 1 rings (SSSR count). The average molecular weight is 210 g/mol. The topological polar surface area (TPSA) is 53.3 Å². The van der Waals surface area contributed by atoms with Crippen molar-refractivity contribution in [2.24, 2.45) is 5.41 Å². The van der Waals surface area contributed by atoms with Crippen LogP contribution in [0.3, 0.4) is 0 Å². The molecule has 0 aromatic carbocycles. The van der Waals surface area contributed by atoms with Crippen molar-refractivity contribution < 1.29 is 9.53 Å². The van der Waals surface area contributed by atoms with Crippen molar-refractivity contribution in [2.45, 2.75) is 33.3 Å². The minimum Gasteiger partial charge on any atom is -0.375 e. The van der Waals surface area contributed by atoms with Crippen LogP contribution < -0.4 is 0 Å². The minimum atomic E-state index is -0.878. The second kappa shape index (κ2) is 4.63. The van der Waals surface area contributed by atoms with Gasteiger partial charge in [-0.25, -0.2) is 0 Å². The zero-order valence-electron chi connectivity index (χ0n) is 9.62. The zero-order valence-corrected chi connectivity index (χ0v) is 9.62. The Hall–Kier alpha value is -1.08. The molecule has 0 aromatic heterocycles. The largest absolute Gasteiger partial charge is 0.375 e. The normalized spacial score (nSPS) is 25.5. The maximum Gasteiger partial charge on any atom is 0.242 e. The van der Waals surface area contributed by atoms with E-state index >= 15 is 0 Å². The quantitative estimate of drug-likeness (QED) is 0.687. The van der Waals surface area contributed by atoms with Crippen LogP contribution in [-0.4, -0.2) is 36.6 Å². The molecule has 0 aromatic rings. The summed E-state index contributed by atoms with van der Waals surface area (Å²) in [5, 5.41) is 9.02. The summed E-state index contributed by atoms with van der Waals surface area (Å²) in [6.45, 7) is 7.27. The molecule has 1 fully saturated rings. The molecule has 0 aliphatic carbocycles. The second-order valence-electron chi connectivity index (χ2n) is 4.23. The molecule has 4 nitrogen and oxygen atoms in total. The lowest BCUT2D eigenvalue weighted by Crippen LogP contribution is -2.49. The lowest BCUT2D eigenvalue weighted by Gasteiger charge is -2.35. The highest BCUT2D eigenvalue weighted by Crippen LogP contribution is 2.24. The van der Waals surface area contributed by atoms with E-state index in [1.165, 1.54) is 0 Å². The lowest BCUT2D eigenvalue weighted by atomic mass is 9.87. The number of morpholine rings is 1. The number of nitrogens with zero attached hydrogens (tertiary/aromatic N) is 2. The molecule has 0 saturated carbocycles. The molecule has 84 valence electrons. The molecule has 1 aliphatic rings. The van der Waals surface area contributed by atoms with Crippen LogP contribution in [0.1, 0.15) is 27.2 Å². The molecule has 0 N–H and O–H groups in total. The molecule has 0 bridgehead atoms. The maximum atomic E-state index is 12.1. The van der Waals surface area contributed by atoms with Crippen LogP contribution in [0.15, 0.2) is 0 Å². The van der Waals surface area contributed by atoms with Crippen molar-refractivity contribution in [3.05, 3.63) is 0 Å². The van der Waals surface area contributed by atoms with Gasteiger partial charge in [-0.05, 0) is 20.3 Å². The van der Waals surface area contributed by atoms with Gasteiger partial charge in [-0.2, -0.15) is 5.26 Å². The summed E-state index contributed by atoms with van der Waals surface area (Å²) in [5.74, 6) is -0.0670. The van der Waals surface area contributed by atoms with Gasteiger partial charge in [-0.15, -0.1) is 0 Å². The number of carbonyl (C=O) groups is 1. The van der Waals surface area contributed by atoms with Gasteiger partial charge < -0.3 is 9.64 Å². The number of ether oxygens (including phenoxy) is 1. The molecule has 2 atom stereocenters. The molecular weight excluding hydrogens is 192 g/mol. The Morgan fingerprint density at radius 2 is 2.40 bits per heavy atom. The van der Waals surface area contributed by atoms with Gasteiger partial charge in [-0.1, -0.05) is 6.92 Å². The predicted octanol–water partition coefficient (Wildman–Crippen LogP) is 1.17. The highest BCUT2D eigenvalue weighted by molar-refractivity contribution is 5.85.